The SMILES string of the molecule is CNCCOCCOCCOCCOCC(C)(COCCOCCOCCOCCNC(=O)C[C@@H]1N=C(c2ccc(Cl)cc2)c2c(sc(C)c2C)-n2c(C)nnc21)COCC(=O)O. The first-order chi connectivity index (χ1) is 30.5. The number of rotatable bonds is 35. The van der Waals surface area contributed by atoms with E-state index in [0.717, 1.165) is 39.8 Å². The van der Waals surface area contributed by atoms with E-state index in [0.29, 0.717) is 116 Å². The molecule has 0 spiro atoms. The first-order valence-corrected chi connectivity index (χ1v) is 22.4. The first kappa shape index (κ1) is 52.2. The number of fused-ring (bicyclic) bond motifs is 3. The molecule has 3 heterocycles. The highest BCUT2D eigenvalue weighted by Crippen LogP contribution is 2.39. The molecule has 352 valence electrons. The van der Waals surface area contributed by atoms with Crippen molar-refractivity contribution >= 4 is 40.5 Å². The van der Waals surface area contributed by atoms with Gasteiger partial charge in [0, 0.05) is 39.5 Å². The van der Waals surface area contributed by atoms with Gasteiger partial charge in [-0.25, -0.2) is 4.79 Å². The zero-order valence-corrected chi connectivity index (χ0v) is 38.8. The molecular weight excluding hydrogens is 860 g/mol. The average molecular weight is 926 g/mol. The number of aliphatic carboxylic acids is 1. The summed E-state index contributed by atoms with van der Waals surface area (Å²) in [5.74, 6) is 0.138. The fourth-order valence-electron chi connectivity index (χ4n) is 6.28. The second kappa shape index (κ2) is 29.2. The predicted octanol–water partition coefficient (Wildman–Crippen LogP) is 3.77. The Labute approximate surface area is 379 Å². The Balaban J connectivity index is 1.05. The van der Waals surface area contributed by atoms with Gasteiger partial charge in [-0.15, -0.1) is 21.5 Å². The van der Waals surface area contributed by atoms with Gasteiger partial charge in [0.1, 0.15) is 23.5 Å². The molecule has 20 heteroatoms. The number of halogens is 1. The highest BCUT2D eigenvalue weighted by molar-refractivity contribution is 7.15. The summed E-state index contributed by atoms with van der Waals surface area (Å²) in [5, 5.41) is 25.4. The number of aromatic nitrogens is 3. The van der Waals surface area contributed by atoms with Crippen LogP contribution in [-0.2, 0) is 52.2 Å². The molecule has 2 aromatic heterocycles. The van der Waals surface area contributed by atoms with Crippen LogP contribution in [0.3, 0.4) is 0 Å². The predicted molar refractivity (Wildman–Crippen MR) is 238 cm³/mol. The van der Waals surface area contributed by atoms with Crippen molar-refractivity contribution in [3.8, 4) is 5.00 Å². The summed E-state index contributed by atoms with van der Waals surface area (Å²) >= 11 is 7.88. The van der Waals surface area contributed by atoms with E-state index in [1.54, 1.807) is 11.3 Å². The minimum atomic E-state index is -1.04. The van der Waals surface area contributed by atoms with Gasteiger partial charge in [-0.05, 0) is 45.5 Å². The molecule has 1 amide bonds. The van der Waals surface area contributed by atoms with Crippen molar-refractivity contribution in [1.29, 1.82) is 0 Å². The van der Waals surface area contributed by atoms with Crippen molar-refractivity contribution in [2.45, 2.75) is 40.2 Å². The number of nitrogens with one attached hydrogen (secondary N) is 2. The summed E-state index contributed by atoms with van der Waals surface area (Å²) in [6.07, 6.45) is 0.0911. The maximum absolute atomic E-state index is 13.2. The average Bonchev–Trinajstić information content (AvgIpc) is 3.74. The van der Waals surface area contributed by atoms with Crippen molar-refractivity contribution in [2.75, 3.05) is 139 Å². The minimum absolute atomic E-state index is 0.0911. The number of thiophene rings is 1. The van der Waals surface area contributed by atoms with Crippen LogP contribution in [0.5, 0.6) is 0 Å². The minimum Gasteiger partial charge on any atom is -0.480 e. The molecule has 3 N–H and O–H groups in total. The van der Waals surface area contributed by atoms with Crippen LogP contribution >= 0.6 is 22.9 Å². The Kier molecular flexibility index (Phi) is 24.2. The van der Waals surface area contributed by atoms with Gasteiger partial charge in [0.15, 0.2) is 5.82 Å². The number of hydrogen-bond acceptors (Lipinski definition) is 16. The number of carbonyl (C=O) groups excluding carboxylic acids is 1. The molecule has 18 nitrogen and oxygen atoms in total. The zero-order valence-electron chi connectivity index (χ0n) is 37.2. The quantitative estimate of drug-likeness (QED) is 0.0719. The molecule has 4 rings (SSSR count). The second-order valence-electron chi connectivity index (χ2n) is 15.0. The lowest BCUT2D eigenvalue weighted by Crippen LogP contribution is -2.36. The lowest BCUT2D eigenvalue weighted by molar-refractivity contribution is -0.145. The third-order valence-corrected chi connectivity index (χ3v) is 11.1. The highest BCUT2D eigenvalue weighted by atomic mass is 35.5. The summed E-state index contributed by atoms with van der Waals surface area (Å²) in [7, 11) is 1.88. The van der Waals surface area contributed by atoms with E-state index in [9.17, 15) is 9.59 Å². The van der Waals surface area contributed by atoms with Crippen molar-refractivity contribution in [3.63, 3.8) is 0 Å². The summed E-state index contributed by atoms with van der Waals surface area (Å²) in [6, 6.07) is 7.03. The maximum atomic E-state index is 13.2. The van der Waals surface area contributed by atoms with Crippen LogP contribution in [0.25, 0.3) is 5.00 Å². The lowest BCUT2D eigenvalue weighted by atomic mass is 9.94. The maximum Gasteiger partial charge on any atom is 0.329 e. The normalized spacial score (nSPS) is 14.5. The Hall–Kier alpha value is -3.44. The number of aliphatic imine (C=N–C) groups is 1. The Morgan fingerprint density at radius 3 is 1.79 bits per heavy atom. The van der Waals surface area contributed by atoms with E-state index in [1.807, 2.05) is 49.7 Å². The monoisotopic (exact) mass is 924 g/mol. The van der Waals surface area contributed by atoms with E-state index in [4.69, 9.17) is 64.3 Å². The van der Waals surface area contributed by atoms with Crippen LogP contribution in [0.2, 0.25) is 5.02 Å². The van der Waals surface area contributed by atoms with E-state index in [2.05, 4.69) is 34.7 Å². The zero-order chi connectivity index (χ0) is 45.3. The van der Waals surface area contributed by atoms with Gasteiger partial charge in [0.25, 0.3) is 0 Å². The molecule has 0 saturated heterocycles. The molecule has 0 bridgehead atoms. The van der Waals surface area contributed by atoms with Gasteiger partial charge in [-0.2, -0.15) is 0 Å². The van der Waals surface area contributed by atoms with Gasteiger partial charge in [-0.3, -0.25) is 14.4 Å². The van der Waals surface area contributed by atoms with Crippen molar-refractivity contribution < 1.29 is 57.3 Å². The van der Waals surface area contributed by atoms with Gasteiger partial charge in [-0.1, -0.05) is 30.7 Å². The number of carboxylic acids is 1. The summed E-state index contributed by atoms with van der Waals surface area (Å²) in [4.78, 5) is 30.5. The summed E-state index contributed by atoms with van der Waals surface area (Å²) in [6.45, 7) is 15.3. The topological polar surface area (TPSA) is 205 Å². The van der Waals surface area contributed by atoms with Crippen LogP contribution in [-0.4, -0.2) is 177 Å². The van der Waals surface area contributed by atoms with E-state index in [1.165, 1.54) is 4.88 Å². The van der Waals surface area contributed by atoms with Gasteiger partial charge < -0.3 is 58.4 Å². The number of nitrogens with zero attached hydrogens (tertiary/aromatic N) is 4. The molecule has 63 heavy (non-hydrogen) atoms. The second-order valence-corrected chi connectivity index (χ2v) is 16.7. The molecule has 1 unspecified atom stereocenters. The summed E-state index contributed by atoms with van der Waals surface area (Å²) in [5.41, 5.74) is 3.28. The fourth-order valence-corrected chi connectivity index (χ4v) is 7.62. The van der Waals surface area contributed by atoms with Crippen LogP contribution in [0, 0.1) is 26.2 Å². The Bertz CT molecular complexity index is 1830. The third-order valence-electron chi connectivity index (χ3n) is 9.61. The highest BCUT2D eigenvalue weighted by Gasteiger charge is 2.32. The van der Waals surface area contributed by atoms with E-state index >= 15 is 0 Å². The molecule has 1 aromatic carbocycles. The molecule has 0 fully saturated rings. The number of carboxylic acid groups (broad SMARTS) is 1. The molecule has 0 radical (unpaired) electrons. The van der Waals surface area contributed by atoms with Gasteiger partial charge in [0.05, 0.1) is 124 Å². The number of benzene rings is 1. The lowest BCUT2D eigenvalue weighted by Gasteiger charge is -2.28. The number of amides is 1. The number of ether oxygens (including phenoxy) is 9. The Morgan fingerprint density at radius 1 is 0.746 bits per heavy atom. The molecular formula is C43H65ClN6O12S. The number of hydrogen-bond donors (Lipinski definition) is 3. The van der Waals surface area contributed by atoms with Crippen molar-refractivity contribution in [3.05, 3.63) is 62.5 Å². The first-order valence-electron chi connectivity index (χ1n) is 21.2. The fraction of sp³-hybridized carbons (Fsp3) is 0.651. The van der Waals surface area contributed by atoms with Gasteiger partial charge >= 0.3 is 5.97 Å². The Morgan fingerprint density at radius 2 is 1.25 bits per heavy atom. The standard InChI is InChI=1S/C43H65ClN6O12S/c1-31-32(2)63-42-39(31)40(34-6-8-35(44)9-7-34)47-36(41-49-48-33(3)50(41)42)26-37(51)46-11-13-55-15-17-57-19-21-59-23-25-61-29-43(4,30-62-27-38(52)53)28-60-24-22-58-20-18-56-16-14-54-12-10-45-5/h6-9,36,45H,10-30H2,1-5H3,(H,46,51)(H,52,53)/t36-,43?/m0/s1. The van der Waals surface area contributed by atoms with Crippen molar-refractivity contribution in [1.82, 2.24) is 25.4 Å². The van der Waals surface area contributed by atoms with Crippen LogP contribution in [0.15, 0.2) is 29.3 Å². The van der Waals surface area contributed by atoms with Crippen LogP contribution < -0.4 is 10.6 Å². The van der Waals surface area contributed by atoms with Crippen molar-refractivity contribution in [2.24, 2.45) is 10.4 Å². The number of carbonyl (C=O) groups is 2. The molecule has 0 aliphatic carbocycles. The molecule has 1 aliphatic heterocycles. The van der Waals surface area contributed by atoms with Gasteiger partial charge in [0.2, 0.25) is 5.91 Å². The smallest absolute Gasteiger partial charge is 0.329 e. The van der Waals surface area contributed by atoms with E-state index < -0.39 is 24.0 Å². The molecule has 0 saturated carbocycles. The van der Waals surface area contributed by atoms with E-state index in [-0.39, 0.29) is 25.5 Å². The van der Waals surface area contributed by atoms with Crippen LogP contribution in [0.4, 0.5) is 0 Å². The molecule has 1 aliphatic rings. The number of aryl methyl sites for hydroxylation is 2. The molecule has 2 atom stereocenters. The number of likely N-dealkylation sites (N-methyl/N-ethyl adjacent to an activating group) is 1. The third kappa shape index (κ3) is 18.5. The summed E-state index contributed by atoms with van der Waals surface area (Å²) < 4.78 is 52.4. The van der Waals surface area contributed by atoms with Crippen LogP contribution in [0.1, 0.15) is 52.6 Å². The molecule has 3 aromatic rings. The largest absolute Gasteiger partial charge is 0.480 e.